The molecule has 1 aromatic carbocycles. The summed E-state index contributed by atoms with van der Waals surface area (Å²) in [6.07, 6.45) is -5.07. The Kier molecular flexibility index (Phi) is 5.03. The van der Waals surface area contributed by atoms with E-state index in [2.05, 4.69) is 15.5 Å². The van der Waals surface area contributed by atoms with Crippen molar-refractivity contribution >= 4 is 6.09 Å². The molecule has 0 aliphatic heterocycles. The number of halogens is 3. The van der Waals surface area contributed by atoms with E-state index in [1.807, 2.05) is 0 Å². The highest BCUT2D eigenvalue weighted by molar-refractivity contribution is 5.68. The highest BCUT2D eigenvalue weighted by atomic mass is 19.4. The van der Waals surface area contributed by atoms with Gasteiger partial charge >= 0.3 is 12.3 Å². The largest absolute Gasteiger partial charge is 0.444 e. The number of hydrogen-bond donors (Lipinski definition) is 1. The summed E-state index contributed by atoms with van der Waals surface area (Å²) in [6, 6.07) is 4.39. The van der Waals surface area contributed by atoms with Crippen LogP contribution in [0.15, 0.2) is 28.8 Å². The number of nitrogens with one attached hydrogen (secondary N) is 1. The molecule has 1 aromatic heterocycles. The standard InChI is InChI=1S/C17H20F3N3O3/c1-15(2,3)25-14(24)22-16(4,5)13-21-12(23-26-13)10-6-8-11(9-7-10)17(18,19)20/h6-9H,1-5H3,(H,22,24). The molecule has 0 unspecified atom stereocenters. The van der Waals surface area contributed by atoms with Gasteiger partial charge in [-0.2, -0.15) is 18.2 Å². The van der Waals surface area contributed by atoms with Gasteiger partial charge in [-0.15, -0.1) is 0 Å². The number of alkyl carbamates (subject to hydrolysis) is 1. The number of amides is 1. The first-order chi connectivity index (χ1) is 11.8. The highest BCUT2D eigenvalue weighted by Crippen LogP contribution is 2.31. The summed E-state index contributed by atoms with van der Waals surface area (Å²) in [7, 11) is 0. The number of carbonyl (C=O) groups excluding carboxylic acids is 1. The van der Waals surface area contributed by atoms with E-state index in [4.69, 9.17) is 9.26 Å². The maximum Gasteiger partial charge on any atom is 0.416 e. The van der Waals surface area contributed by atoms with Crippen molar-refractivity contribution in [3.05, 3.63) is 35.7 Å². The minimum Gasteiger partial charge on any atom is -0.444 e. The van der Waals surface area contributed by atoms with Crippen LogP contribution >= 0.6 is 0 Å². The van der Waals surface area contributed by atoms with E-state index >= 15 is 0 Å². The van der Waals surface area contributed by atoms with Crippen LogP contribution in [0.2, 0.25) is 0 Å². The summed E-state index contributed by atoms with van der Waals surface area (Å²) in [5, 5.41) is 6.38. The van der Waals surface area contributed by atoms with Crippen molar-refractivity contribution in [2.75, 3.05) is 0 Å². The number of benzene rings is 1. The van der Waals surface area contributed by atoms with Gasteiger partial charge in [0.15, 0.2) is 0 Å². The van der Waals surface area contributed by atoms with Crippen LogP contribution in [0.5, 0.6) is 0 Å². The van der Waals surface area contributed by atoms with Crippen LogP contribution < -0.4 is 5.32 Å². The van der Waals surface area contributed by atoms with Gasteiger partial charge in [0.1, 0.15) is 11.1 Å². The van der Waals surface area contributed by atoms with E-state index in [1.165, 1.54) is 12.1 Å². The smallest absolute Gasteiger partial charge is 0.416 e. The Balaban J connectivity index is 2.16. The molecule has 1 N–H and O–H groups in total. The van der Waals surface area contributed by atoms with Crippen LogP contribution in [0.25, 0.3) is 11.4 Å². The lowest BCUT2D eigenvalue weighted by atomic mass is 10.1. The van der Waals surface area contributed by atoms with Gasteiger partial charge in [-0.1, -0.05) is 17.3 Å². The molecule has 0 fully saturated rings. The van der Waals surface area contributed by atoms with Gasteiger partial charge in [-0.05, 0) is 46.8 Å². The Labute approximate surface area is 148 Å². The van der Waals surface area contributed by atoms with Crippen LogP contribution in [0.3, 0.4) is 0 Å². The minimum absolute atomic E-state index is 0.0956. The molecule has 0 saturated carbocycles. The molecule has 6 nitrogen and oxygen atoms in total. The van der Waals surface area contributed by atoms with Crippen molar-refractivity contribution < 1.29 is 27.2 Å². The fraction of sp³-hybridized carbons (Fsp3) is 0.471. The van der Waals surface area contributed by atoms with Gasteiger partial charge in [0, 0.05) is 5.56 Å². The Bertz CT molecular complexity index is 775. The average molecular weight is 371 g/mol. The molecule has 142 valence electrons. The predicted octanol–water partition coefficient (Wildman–Crippen LogP) is 4.52. The Hall–Kier alpha value is -2.58. The van der Waals surface area contributed by atoms with Gasteiger partial charge in [-0.3, -0.25) is 0 Å². The monoisotopic (exact) mass is 371 g/mol. The van der Waals surface area contributed by atoms with Crippen molar-refractivity contribution in [1.82, 2.24) is 15.5 Å². The number of ether oxygens (including phenoxy) is 1. The minimum atomic E-state index is -4.42. The second kappa shape index (κ2) is 6.62. The molecule has 0 spiro atoms. The normalized spacial score (nSPS) is 12.8. The number of nitrogens with zero attached hydrogens (tertiary/aromatic N) is 2. The highest BCUT2D eigenvalue weighted by Gasteiger charge is 2.32. The van der Waals surface area contributed by atoms with Crippen molar-refractivity contribution in [3.8, 4) is 11.4 Å². The summed E-state index contributed by atoms with van der Waals surface area (Å²) >= 11 is 0. The first-order valence-electron chi connectivity index (χ1n) is 7.81. The second-order valence-corrected chi connectivity index (χ2v) is 7.25. The van der Waals surface area contributed by atoms with Gasteiger partial charge in [0.05, 0.1) is 5.56 Å². The van der Waals surface area contributed by atoms with Crippen molar-refractivity contribution in [3.63, 3.8) is 0 Å². The molecule has 0 bridgehead atoms. The Morgan fingerprint density at radius 1 is 1.08 bits per heavy atom. The third-order valence-electron chi connectivity index (χ3n) is 3.24. The summed E-state index contributed by atoms with van der Waals surface area (Å²) in [6.45, 7) is 8.47. The molecule has 0 aliphatic rings. The van der Waals surface area contributed by atoms with Crippen LogP contribution in [0.1, 0.15) is 46.1 Å². The maximum atomic E-state index is 12.6. The topological polar surface area (TPSA) is 77.2 Å². The molecular weight excluding hydrogens is 351 g/mol. The Morgan fingerprint density at radius 3 is 2.15 bits per heavy atom. The quantitative estimate of drug-likeness (QED) is 0.859. The number of aromatic nitrogens is 2. The molecule has 2 rings (SSSR count). The van der Waals surface area contributed by atoms with E-state index in [1.54, 1.807) is 34.6 Å². The molecular formula is C17H20F3N3O3. The zero-order valence-corrected chi connectivity index (χ0v) is 15.1. The third kappa shape index (κ3) is 4.96. The van der Waals surface area contributed by atoms with E-state index in [9.17, 15) is 18.0 Å². The van der Waals surface area contributed by atoms with E-state index in [0.29, 0.717) is 5.56 Å². The van der Waals surface area contributed by atoms with E-state index in [0.717, 1.165) is 12.1 Å². The van der Waals surface area contributed by atoms with Crippen LogP contribution in [0, 0.1) is 0 Å². The van der Waals surface area contributed by atoms with Crippen LogP contribution in [-0.2, 0) is 16.5 Å². The fourth-order valence-corrected chi connectivity index (χ4v) is 2.02. The molecule has 0 atom stereocenters. The maximum absolute atomic E-state index is 12.6. The molecule has 9 heteroatoms. The number of carbonyl (C=O) groups is 1. The average Bonchev–Trinajstić information content (AvgIpc) is 2.94. The number of alkyl halides is 3. The first-order valence-corrected chi connectivity index (χ1v) is 7.81. The van der Waals surface area contributed by atoms with Crippen molar-refractivity contribution in [2.45, 2.75) is 51.9 Å². The fourth-order valence-electron chi connectivity index (χ4n) is 2.02. The van der Waals surface area contributed by atoms with Gasteiger partial charge in [-0.25, -0.2) is 4.79 Å². The zero-order valence-electron chi connectivity index (χ0n) is 15.1. The molecule has 26 heavy (non-hydrogen) atoms. The zero-order chi connectivity index (χ0) is 19.8. The van der Waals surface area contributed by atoms with Crippen molar-refractivity contribution in [1.29, 1.82) is 0 Å². The number of rotatable bonds is 3. The summed E-state index contributed by atoms with van der Waals surface area (Å²) < 4.78 is 48.2. The lowest BCUT2D eigenvalue weighted by Crippen LogP contribution is -2.44. The second-order valence-electron chi connectivity index (χ2n) is 7.25. The first kappa shape index (κ1) is 19.7. The predicted molar refractivity (Wildman–Crippen MR) is 87.1 cm³/mol. The molecule has 0 radical (unpaired) electrons. The van der Waals surface area contributed by atoms with Gasteiger partial charge in [0.2, 0.25) is 5.82 Å². The molecule has 0 saturated heterocycles. The molecule has 1 amide bonds. The molecule has 0 aliphatic carbocycles. The van der Waals surface area contributed by atoms with Crippen molar-refractivity contribution in [2.24, 2.45) is 0 Å². The molecule has 1 heterocycles. The van der Waals surface area contributed by atoms with E-state index in [-0.39, 0.29) is 11.7 Å². The lowest BCUT2D eigenvalue weighted by molar-refractivity contribution is -0.137. The van der Waals surface area contributed by atoms with Crippen LogP contribution in [-0.4, -0.2) is 21.8 Å². The SMILES string of the molecule is CC(C)(C)OC(=O)NC(C)(C)c1nc(-c2ccc(C(F)(F)F)cc2)no1. The van der Waals surface area contributed by atoms with Crippen LogP contribution in [0.4, 0.5) is 18.0 Å². The summed E-state index contributed by atoms with van der Waals surface area (Å²) in [4.78, 5) is 16.1. The Morgan fingerprint density at radius 2 is 1.65 bits per heavy atom. The summed E-state index contributed by atoms with van der Waals surface area (Å²) in [5.41, 5.74) is -2.10. The van der Waals surface area contributed by atoms with Gasteiger partial charge < -0.3 is 14.6 Å². The van der Waals surface area contributed by atoms with E-state index < -0.39 is 29.0 Å². The van der Waals surface area contributed by atoms with Gasteiger partial charge in [0.25, 0.3) is 5.89 Å². The molecule has 2 aromatic rings. The summed E-state index contributed by atoms with van der Waals surface area (Å²) in [5.74, 6) is 0.214. The number of hydrogen-bond acceptors (Lipinski definition) is 5. The third-order valence-corrected chi connectivity index (χ3v) is 3.24. The lowest BCUT2D eigenvalue weighted by Gasteiger charge is -2.25.